The molecule has 2 aromatic carbocycles. The first-order valence-corrected chi connectivity index (χ1v) is 12.9. The van der Waals surface area contributed by atoms with E-state index in [1.165, 1.54) is 17.0 Å². The molecule has 1 aliphatic heterocycles. The Labute approximate surface area is 223 Å². The minimum absolute atomic E-state index is 0.0620. The van der Waals surface area contributed by atoms with Gasteiger partial charge < -0.3 is 24.3 Å². The quantitative estimate of drug-likeness (QED) is 0.275. The molecule has 0 aliphatic carbocycles. The predicted octanol–water partition coefficient (Wildman–Crippen LogP) is 6.42. The van der Waals surface area contributed by atoms with Gasteiger partial charge in [0.1, 0.15) is 11.5 Å². The third-order valence-electron chi connectivity index (χ3n) is 6.98. The lowest BCUT2D eigenvalue weighted by atomic mass is 9.96. The molecule has 5 rings (SSSR count). The van der Waals surface area contributed by atoms with Gasteiger partial charge in [0.15, 0.2) is 5.11 Å². The van der Waals surface area contributed by atoms with E-state index in [-0.39, 0.29) is 12.1 Å². The van der Waals surface area contributed by atoms with E-state index in [4.69, 9.17) is 21.7 Å². The molecular formula is C30H32N4O2S. The van der Waals surface area contributed by atoms with Crippen molar-refractivity contribution in [3.05, 3.63) is 107 Å². The lowest BCUT2D eigenvalue weighted by molar-refractivity contribution is 0.186. The first-order valence-electron chi connectivity index (χ1n) is 12.5. The van der Waals surface area contributed by atoms with Crippen LogP contribution in [0.4, 0.5) is 5.69 Å². The number of pyridine rings is 1. The van der Waals surface area contributed by atoms with Crippen molar-refractivity contribution in [1.82, 2.24) is 14.9 Å². The highest BCUT2D eigenvalue weighted by atomic mass is 32.1. The van der Waals surface area contributed by atoms with Crippen molar-refractivity contribution in [3.63, 3.8) is 0 Å². The van der Waals surface area contributed by atoms with Gasteiger partial charge in [0.25, 0.3) is 0 Å². The molecule has 0 spiro atoms. The molecule has 37 heavy (non-hydrogen) atoms. The number of para-hydroxylation sites is 1. The first kappa shape index (κ1) is 25.0. The minimum atomic E-state index is -0.0898. The number of hydrogen-bond acceptors (Lipinski definition) is 4. The summed E-state index contributed by atoms with van der Waals surface area (Å²) in [7, 11) is 1.74. The van der Waals surface area contributed by atoms with Crippen molar-refractivity contribution in [1.29, 1.82) is 0 Å². The molecule has 2 aromatic heterocycles. The molecule has 4 aromatic rings. The summed E-state index contributed by atoms with van der Waals surface area (Å²) in [5.74, 6) is 1.64. The molecule has 7 heteroatoms. The summed E-state index contributed by atoms with van der Waals surface area (Å²) in [6.45, 7) is 7.82. The number of hydrogen-bond donors (Lipinski definition) is 1. The highest BCUT2D eigenvalue weighted by molar-refractivity contribution is 7.80. The summed E-state index contributed by atoms with van der Waals surface area (Å²) in [4.78, 5) is 6.88. The highest BCUT2D eigenvalue weighted by Crippen LogP contribution is 2.43. The van der Waals surface area contributed by atoms with Crippen molar-refractivity contribution in [3.8, 4) is 11.5 Å². The maximum absolute atomic E-state index is 6.14. The Hall–Kier alpha value is -3.68. The minimum Gasteiger partial charge on any atom is -0.457 e. The van der Waals surface area contributed by atoms with Crippen molar-refractivity contribution in [2.24, 2.45) is 0 Å². The average Bonchev–Trinajstić information content (AvgIpc) is 3.40. The molecular weight excluding hydrogens is 480 g/mol. The van der Waals surface area contributed by atoms with Gasteiger partial charge >= 0.3 is 0 Å². The van der Waals surface area contributed by atoms with Crippen LogP contribution >= 0.6 is 12.2 Å². The van der Waals surface area contributed by atoms with Gasteiger partial charge in [0, 0.05) is 36.9 Å². The fourth-order valence-electron chi connectivity index (χ4n) is 5.08. The van der Waals surface area contributed by atoms with Crippen molar-refractivity contribution >= 4 is 23.0 Å². The number of ether oxygens (including phenoxy) is 2. The van der Waals surface area contributed by atoms with Gasteiger partial charge in [-0.1, -0.05) is 24.3 Å². The van der Waals surface area contributed by atoms with Gasteiger partial charge in [-0.15, -0.1) is 0 Å². The second-order valence-electron chi connectivity index (χ2n) is 9.33. The maximum Gasteiger partial charge on any atom is 0.174 e. The second kappa shape index (κ2) is 10.7. The fraction of sp³-hybridized carbons (Fsp3) is 0.267. The summed E-state index contributed by atoms with van der Waals surface area (Å²) < 4.78 is 13.8. The molecule has 190 valence electrons. The third kappa shape index (κ3) is 4.97. The number of methoxy groups -OCH3 is 1. The van der Waals surface area contributed by atoms with Crippen molar-refractivity contribution in [2.45, 2.75) is 39.4 Å². The number of rotatable bonds is 8. The SMILES string of the molecule is COCCn1c(C)cc([C@@H]2[C@@H](c3ccccn3)NC(=S)N2c2ccc(Oc3ccccc3C)cc2)c1C. The first-order chi connectivity index (χ1) is 18.0. The van der Waals surface area contributed by atoms with Crippen LogP contribution in [0.5, 0.6) is 11.5 Å². The molecule has 1 aliphatic rings. The molecule has 0 unspecified atom stereocenters. The zero-order valence-electron chi connectivity index (χ0n) is 21.6. The van der Waals surface area contributed by atoms with E-state index in [0.29, 0.717) is 11.7 Å². The summed E-state index contributed by atoms with van der Waals surface area (Å²) in [6, 6.07) is 24.3. The lowest BCUT2D eigenvalue weighted by Gasteiger charge is -2.28. The van der Waals surface area contributed by atoms with Crippen LogP contribution in [0.25, 0.3) is 0 Å². The molecule has 3 heterocycles. The highest BCUT2D eigenvalue weighted by Gasteiger charge is 2.42. The van der Waals surface area contributed by atoms with Crippen LogP contribution in [0.3, 0.4) is 0 Å². The largest absolute Gasteiger partial charge is 0.457 e. The molecule has 1 fully saturated rings. The standard InChI is InChI=1S/C30H32N4O2S/c1-20-9-5-6-11-27(20)36-24-14-12-23(13-15-24)34-29(25-19-21(2)33(22(25)3)17-18-35-4)28(32-30(34)37)26-10-7-8-16-31-26/h5-16,19,28-29H,17-18H2,1-4H3,(H,32,37)/t28-,29-/m1/s1. The molecule has 1 N–H and O–H groups in total. The van der Waals surface area contributed by atoms with Crippen LogP contribution in [0.2, 0.25) is 0 Å². The van der Waals surface area contributed by atoms with E-state index in [0.717, 1.165) is 35.0 Å². The summed E-state index contributed by atoms with van der Waals surface area (Å²) in [5, 5.41) is 4.23. The molecule has 0 radical (unpaired) electrons. The van der Waals surface area contributed by atoms with E-state index in [1.54, 1.807) is 7.11 Å². The number of thiocarbonyl (C=S) groups is 1. The molecule has 6 nitrogen and oxygen atoms in total. The van der Waals surface area contributed by atoms with Crippen LogP contribution < -0.4 is 15.0 Å². The molecule has 0 bridgehead atoms. The van der Waals surface area contributed by atoms with Crippen LogP contribution in [-0.4, -0.2) is 28.4 Å². The smallest absolute Gasteiger partial charge is 0.174 e. The number of aryl methyl sites for hydroxylation is 2. The molecule has 0 amide bonds. The number of aromatic nitrogens is 2. The monoisotopic (exact) mass is 512 g/mol. The molecule has 0 saturated carbocycles. The summed E-state index contributed by atoms with van der Waals surface area (Å²) in [6.07, 6.45) is 1.83. The van der Waals surface area contributed by atoms with Gasteiger partial charge in [-0.3, -0.25) is 4.98 Å². The van der Waals surface area contributed by atoms with E-state index in [1.807, 2.05) is 61.7 Å². The van der Waals surface area contributed by atoms with Crippen LogP contribution in [-0.2, 0) is 11.3 Å². The van der Waals surface area contributed by atoms with E-state index >= 15 is 0 Å². The number of nitrogens with zero attached hydrogens (tertiary/aromatic N) is 3. The summed E-state index contributed by atoms with van der Waals surface area (Å²) >= 11 is 5.91. The number of nitrogens with one attached hydrogen (secondary N) is 1. The maximum atomic E-state index is 6.14. The van der Waals surface area contributed by atoms with Gasteiger partial charge in [-0.2, -0.15) is 0 Å². The molecule has 2 atom stereocenters. The average molecular weight is 513 g/mol. The second-order valence-corrected chi connectivity index (χ2v) is 9.72. The number of benzene rings is 2. The van der Waals surface area contributed by atoms with E-state index in [2.05, 4.69) is 57.9 Å². The Kier molecular flexibility index (Phi) is 7.26. The molecule has 1 saturated heterocycles. The Bertz CT molecular complexity index is 1380. The van der Waals surface area contributed by atoms with Crippen molar-refractivity contribution < 1.29 is 9.47 Å². The van der Waals surface area contributed by atoms with Gasteiger partial charge in [-0.05, 0) is 92.6 Å². The van der Waals surface area contributed by atoms with Gasteiger partial charge in [-0.25, -0.2) is 0 Å². The normalized spacial score (nSPS) is 17.2. The fourth-order valence-corrected chi connectivity index (χ4v) is 5.42. The van der Waals surface area contributed by atoms with Gasteiger partial charge in [0.05, 0.1) is 24.4 Å². The Morgan fingerprint density at radius 2 is 1.73 bits per heavy atom. The van der Waals surface area contributed by atoms with Crippen LogP contribution in [0, 0.1) is 20.8 Å². The number of anilines is 1. The van der Waals surface area contributed by atoms with E-state index in [9.17, 15) is 0 Å². The van der Waals surface area contributed by atoms with Crippen LogP contribution in [0.1, 0.15) is 40.3 Å². The topological polar surface area (TPSA) is 51.5 Å². The summed E-state index contributed by atoms with van der Waals surface area (Å²) in [5.41, 5.74) is 6.68. The Morgan fingerprint density at radius 1 is 0.973 bits per heavy atom. The Balaban J connectivity index is 1.52. The van der Waals surface area contributed by atoms with E-state index < -0.39 is 0 Å². The lowest BCUT2D eigenvalue weighted by Crippen LogP contribution is -2.29. The Morgan fingerprint density at radius 3 is 2.43 bits per heavy atom. The zero-order chi connectivity index (χ0) is 25.9. The predicted molar refractivity (Wildman–Crippen MR) is 151 cm³/mol. The van der Waals surface area contributed by atoms with Crippen molar-refractivity contribution in [2.75, 3.05) is 18.6 Å². The van der Waals surface area contributed by atoms with Crippen LogP contribution in [0.15, 0.2) is 79.0 Å². The third-order valence-corrected chi connectivity index (χ3v) is 7.30. The zero-order valence-corrected chi connectivity index (χ0v) is 22.5. The van der Waals surface area contributed by atoms with Gasteiger partial charge in [0.2, 0.25) is 0 Å².